The van der Waals surface area contributed by atoms with E-state index >= 15 is 0 Å². The maximum Gasteiger partial charge on any atom is 0.229 e. The van der Waals surface area contributed by atoms with Crippen LogP contribution in [-0.4, -0.2) is 16.0 Å². The first kappa shape index (κ1) is 13.0. The van der Waals surface area contributed by atoms with Crippen molar-refractivity contribution in [2.45, 2.75) is 18.9 Å². The lowest BCUT2D eigenvalue weighted by Gasteiger charge is -2.11. The third-order valence-electron chi connectivity index (χ3n) is 3.64. The number of hydrogen-bond donors (Lipinski definition) is 2. The highest BCUT2D eigenvalue weighted by Crippen LogP contribution is 2.29. The molecule has 5 heteroatoms. The molecule has 3 aromatic rings. The Morgan fingerprint density at radius 3 is 2.55 bits per heavy atom. The predicted octanol–water partition coefficient (Wildman–Crippen LogP) is 4.09. The monoisotopic (exact) mass is 294 g/mol. The summed E-state index contributed by atoms with van der Waals surface area (Å²) in [5, 5.41) is 7.36. The molecule has 0 spiro atoms. The Kier molecular flexibility index (Phi) is 3.11. The smallest absolute Gasteiger partial charge is 0.229 e. The minimum absolute atomic E-state index is 0.323. The molecule has 4 nitrogen and oxygen atoms in total. The number of nitrogens with one attached hydrogen (secondary N) is 2. The summed E-state index contributed by atoms with van der Waals surface area (Å²) in [4.78, 5) is 8.99. The maximum absolute atomic E-state index is 13.8. The minimum atomic E-state index is -0.323. The zero-order valence-corrected chi connectivity index (χ0v) is 11.9. The number of rotatable bonds is 4. The van der Waals surface area contributed by atoms with Crippen molar-refractivity contribution >= 4 is 28.4 Å². The molecule has 1 aliphatic carbocycles. The van der Waals surface area contributed by atoms with E-state index < -0.39 is 0 Å². The standard InChI is InChI=1S/C17H15FN4/c18-13-6-2-4-8-15(13)21-17-20-14-7-3-1-5-12(14)16(22-17)19-11-9-10-11/h1-8,11H,9-10H2,(H2,19,20,21,22). The van der Waals surface area contributed by atoms with Gasteiger partial charge in [-0.1, -0.05) is 24.3 Å². The predicted molar refractivity (Wildman–Crippen MR) is 85.9 cm³/mol. The van der Waals surface area contributed by atoms with E-state index in [1.54, 1.807) is 18.2 Å². The average Bonchev–Trinajstić information content (AvgIpc) is 3.34. The van der Waals surface area contributed by atoms with E-state index in [1.165, 1.54) is 6.07 Å². The van der Waals surface area contributed by atoms with Crippen LogP contribution in [0.15, 0.2) is 48.5 Å². The Morgan fingerprint density at radius 1 is 0.955 bits per heavy atom. The van der Waals surface area contributed by atoms with E-state index in [4.69, 9.17) is 0 Å². The molecular weight excluding hydrogens is 279 g/mol. The summed E-state index contributed by atoms with van der Waals surface area (Å²) in [6, 6.07) is 14.8. The molecule has 0 saturated heterocycles. The summed E-state index contributed by atoms with van der Waals surface area (Å²) >= 11 is 0. The summed E-state index contributed by atoms with van der Waals surface area (Å²) in [5.41, 5.74) is 1.20. The van der Waals surface area contributed by atoms with Gasteiger partial charge < -0.3 is 10.6 Å². The van der Waals surface area contributed by atoms with Gasteiger partial charge in [-0.15, -0.1) is 0 Å². The molecule has 1 aromatic heterocycles. The maximum atomic E-state index is 13.8. The Bertz CT molecular complexity index is 830. The summed E-state index contributed by atoms with van der Waals surface area (Å²) in [5.74, 6) is 0.870. The molecule has 1 heterocycles. The zero-order valence-electron chi connectivity index (χ0n) is 11.9. The van der Waals surface area contributed by atoms with Gasteiger partial charge in [0.15, 0.2) is 0 Å². The lowest BCUT2D eigenvalue weighted by molar-refractivity contribution is 0.631. The highest BCUT2D eigenvalue weighted by Gasteiger charge is 2.22. The lowest BCUT2D eigenvalue weighted by Crippen LogP contribution is -2.07. The van der Waals surface area contributed by atoms with Gasteiger partial charge >= 0.3 is 0 Å². The fourth-order valence-corrected chi connectivity index (χ4v) is 2.35. The van der Waals surface area contributed by atoms with E-state index in [2.05, 4.69) is 20.6 Å². The van der Waals surface area contributed by atoms with Gasteiger partial charge in [-0.2, -0.15) is 4.98 Å². The Labute approximate surface area is 127 Å². The molecule has 4 rings (SSSR count). The van der Waals surface area contributed by atoms with Crippen molar-refractivity contribution in [3.8, 4) is 0 Å². The molecule has 1 saturated carbocycles. The van der Waals surface area contributed by atoms with E-state index in [0.29, 0.717) is 17.7 Å². The van der Waals surface area contributed by atoms with Crippen LogP contribution in [0.3, 0.4) is 0 Å². The quantitative estimate of drug-likeness (QED) is 0.761. The first-order chi connectivity index (χ1) is 10.8. The molecule has 1 fully saturated rings. The van der Waals surface area contributed by atoms with Crippen molar-refractivity contribution in [2.24, 2.45) is 0 Å². The van der Waals surface area contributed by atoms with Crippen molar-refractivity contribution in [3.05, 3.63) is 54.3 Å². The number of halogens is 1. The number of aromatic nitrogens is 2. The number of para-hydroxylation sites is 2. The second kappa shape index (κ2) is 5.26. The third kappa shape index (κ3) is 2.57. The second-order valence-electron chi connectivity index (χ2n) is 5.44. The summed E-state index contributed by atoms with van der Waals surface area (Å²) in [6.45, 7) is 0. The fourth-order valence-electron chi connectivity index (χ4n) is 2.35. The van der Waals surface area contributed by atoms with Crippen LogP contribution in [0.1, 0.15) is 12.8 Å². The molecule has 0 aliphatic heterocycles. The molecule has 2 N–H and O–H groups in total. The topological polar surface area (TPSA) is 49.8 Å². The van der Waals surface area contributed by atoms with Crippen LogP contribution in [0, 0.1) is 5.82 Å². The molecule has 0 amide bonds. The summed E-state index contributed by atoms with van der Waals surface area (Å²) in [6.07, 6.45) is 2.32. The van der Waals surface area contributed by atoms with Crippen molar-refractivity contribution in [1.29, 1.82) is 0 Å². The fraction of sp³-hybridized carbons (Fsp3) is 0.176. The van der Waals surface area contributed by atoms with Crippen molar-refractivity contribution in [1.82, 2.24) is 9.97 Å². The normalized spacial score (nSPS) is 14.0. The van der Waals surface area contributed by atoms with Crippen LogP contribution >= 0.6 is 0 Å². The van der Waals surface area contributed by atoms with E-state index in [1.807, 2.05) is 24.3 Å². The SMILES string of the molecule is Fc1ccccc1Nc1nc(NC2CC2)c2ccccc2n1. The highest BCUT2D eigenvalue weighted by atomic mass is 19.1. The van der Waals surface area contributed by atoms with Crippen LogP contribution in [0.4, 0.5) is 21.8 Å². The molecule has 0 bridgehead atoms. The molecule has 2 aromatic carbocycles. The van der Waals surface area contributed by atoms with Crippen molar-refractivity contribution < 1.29 is 4.39 Å². The zero-order chi connectivity index (χ0) is 14.9. The third-order valence-corrected chi connectivity index (χ3v) is 3.64. The Morgan fingerprint density at radius 2 is 1.73 bits per heavy atom. The molecule has 0 radical (unpaired) electrons. The van der Waals surface area contributed by atoms with Crippen molar-refractivity contribution in [3.63, 3.8) is 0 Å². The van der Waals surface area contributed by atoms with Gasteiger partial charge in [0, 0.05) is 11.4 Å². The number of benzene rings is 2. The van der Waals surface area contributed by atoms with E-state index in [9.17, 15) is 4.39 Å². The van der Waals surface area contributed by atoms with Gasteiger partial charge in [-0.05, 0) is 37.1 Å². The lowest BCUT2D eigenvalue weighted by atomic mass is 10.2. The van der Waals surface area contributed by atoms with Crippen molar-refractivity contribution in [2.75, 3.05) is 10.6 Å². The largest absolute Gasteiger partial charge is 0.367 e. The molecule has 0 atom stereocenters. The van der Waals surface area contributed by atoms with Crippen LogP contribution < -0.4 is 10.6 Å². The number of fused-ring (bicyclic) bond motifs is 1. The van der Waals surface area contributed by atoms with Gasteiger partial charge in [-0.25, -0.2) is 9.37 Å². The highest BCUT2D eigenvalue weighted by molar-refractivity contribution is 5.90. The summed E-state index contributed by atoms with van der Waals surface area (Å²) < 4.78 is 13.8. The molecule has 110 valence electrons. The van der Waals surface area contributed by atoms with Gasteiger partial charge in [-0.3, -0.25) is 0 Å². The first-order valence-electron chi connectivity index (χ1n) is 7.34. The first-order valence-corrected chi connectivity index (χ1v) is 7.34. The molecule has 22 heavy (non-hydrogen) atoms. The van der Waals surface area contributed by atoms with Crippen LogP contribution in [0.5, 0.6) is 0 Å². The summed E-state index contributed by atoms with van der Waals surface area (Å²) in [7, 11) is 0. The van der Waals surface area contributed by atoms with Gasteiger partial charge in [0.1, 0.15) is 11.6 Å². The second-order valence-corrected chi connectivity index (χ2v) is 5.44. The number of nitrogens with zero attached hydrogens (tertiary/aromatic N) is 2. The van der Waals surface area contributed by atoms with Crippen LogP contribution in [0.2, 0.25) is 0 Å². The minimum Gasteiger partial charge on any atom is -0.367 e. The van der Waals surface area contributed by atoms with Gasteiger partial charge in [0.2, 0.25) is 5.95 Å². The van der Waals surface area contributed by atoms with Crippen LogP contribution in [-0.2, 0) is 0 Å². The molecule has 0 unspecified atom stereocenters. The van der Waals surface area contributed by atoms with Gasteiger partial charge in [0.05, 0.1) is 11.2 Å². The average molecular weight is 294 g/mol. The van der Waals surface area contributed by atoms with Crippen LogP contribution in [0.25, 0.3) is 10.9 Å². The molecule has 1 aliphatic rings. The van der Waals surface area contributed by atoms with E-state index in [-0.39, 0.29) is 5.82 Å². The van der Waals surface area contributed by atoms with E-state index in [0.717, 1.165) is 29.6 Å². The Hall–Kier alpha value is -2.69. The molecular formula is C17H15FN4. The Balaban J connectivity index is 1.75. The number of anilines is 3. The van der Waals surface area contributed by atoms with Gasteiger partial charge in [0.25, 0.3) is 0 Å². The number of hydrogen-bond acceptors (Lipinski definition) is 4.